The minimum absolute atomic E-state index is 0.118. The molecule has 0 aliphatic carbocycles. The van der Waals surface area contributed by atoms with Gasteiger partial charge >= 0.3 is 0 Å². The molecule has 7 heteroatoms. The predicted molar refractivity (Wildman–Crippen MR) is 75.1 cm³/mol. The van der Waals surface area contributed by atoms with E-state index in [1.807, 2.05) is 0 Å². The van der Waals surface area contributed by atoms with Crippen LogP contribution in [0, 0.1) is 15.9 Å². The molecule has 0 bridgehead atoms. The van der Waals surface area contributed by atoms with Gasteiger partial charge < -0.3 is 0 Å². The third-order valence-electron chi connectivity index (χ3n) is 2.75. The number of rotatable bonds is 5. The van der Waals surface area contributed by atoms with Gasteiger partial charge in [-0.15, -0.1) is 0 Å². The maximum absolute atomic E-state index is 13.4. The SMILES string of the molecule is O=C(CS(=O)c1ccc([N+](=O)[O-])cc1)c1ccccc1F. The first-order valence-electron chi connectivity index (χ1n) is 5.89. The maximum atomic E-state index is 13.4. The second-order valence-corrected chi connectivity index (χ2v) is 5.60. The molecule has 2 aromatic rings. The van der Waals surface area contributed by atoms with Crippen LogP contribution in [0.2, 0.25) is 0 Å². The van der Waals surface area contributed by atoms with E-state index in [4.69, 9.17) is 0 Å². The quantitative estimate of drug-likeness (QED) is 0.483. The first kappa shape index (κ1) is 15.0. The van der Waals surface area contributed by atoms with Crippen molar-refractivity contribution >= 4 is 22.3 Å². The van der Waals surface area contributed by atoms with Crippen molar-refractivity contribution in [3.05, 3.63) is 70.0 Å². The molecule has 0 fully saturated rings. The lowest BCUT2D eigenvalue weighted by molar-refractivity contribution is -0.384. The summed E-state index contributed by atoms with van der Waals surface area (Å²) in [6.45, 7) is 0. The van der Waals surface area contributed by atoms with E-state index in [-0.39, 0.29) is 21.9 Å². The molecule has 2 rings (SSSR count). The number of nitro groups is 1. The van der Waals surface area contributed by atoms with Crippen molar-refractivity contribution in [2.24, 2.45) is 0 Å². The predicted octanol–water partition coefficient (Wildman–Crippen LogP) is 2.72. The number of carbonyl (C=O) groups excluding carboxylic acids is 1. The summed E-state index contributed by atoms with van der Waals surface area (Å²) in [6.07, 6.45) is 0. The van der Waals surface area contributed by atoms with Crippen LogP contribution in [-0.2, 0) is 10.8 Å². The second-order valence-electron chi connectivity index (χ2n) is 4.14. The van der Waals surface area contributed by atoms with Gasteiger partial charge in [0.1, 0.15) is 5.82 Å². The molecule has 0 spiro atoms. The largest absolute Gasteiger partial charge is 0.293 e. The van der Waals surface area contributed by atoms with E-state index in [2.05, 4.69) is 0 Å². The number of ketones is 1. The smallest absolute Gasteiger partial charge is 0.269 e. The van der Waals surface area contributed by atoms with Crippen LogP contribution in [0.5, 0.6) is 0 Å². The molecule has 0 amide bonds. The van der Waals surface area contributed by atoms with Crippen LogP contribution in [0.3, 0.4) is 0 Å². The Labute approximate surface area is 122 Å². The Morgan fingerprint density at radius 2 is 1.76 bits per heavy atom. The van der Waals surface area contributed by atoms with E-state index in [9.17, 15) is 23.5 Å². The van der Waals surface area contributed by atoms with E-state index in [0.717, 1.165) is 6.07 Å². The van der Waals surface area contributed by atoms with Gasteiger partial charge in [0, 0.05) is 17.0 Å². The minimum atomic E-state index is -1.68. The van der Waals surface area contributed by atoms with Crippen LogP contribution in [0.15, 0.2) is 53.4 Å². The highest BCUT2D eigenvalue weighted by Crippen LogP contribution is 2.16. The highest BCUT2D eigenvalue weighted by molar-refractivity contribution is 7.85. The van der Waals surface area contributed by atoms with Crippen LogP contribution in [-0.4, -0.2) is 20.7 Å². The zero-order valence-electron chi connectivity index (χ0n) is 10.7. The van der Waals surface area contributed by atoms with Crippen molar-refractivity contribution in [1.29, 1.82) is 0 Å². The summed E-state index contributed by atoms with van der Waals surface area (Å²) in [5, 5.41) is 10.5. The van der Waals surface area contributed by atoms with E-state index < -0.39 is 27.3 Å². The second kappa shape index (κ2) is 6.36. The topological polar surface area (TPSA) is 77.3 Å². The molecule has 0 heterocycles. The number of nitrogens with zero attached hydrogens (tertiary/aromatic N) is 1. The Hall–Kier alpha value is -2.41. The lowest BCUT2D eigenvalue weighted by atomic mass is 10.1. The molecule has 0 aliphatic rings. The van der Waals surface area contributed by atoms with Crippen molar-refractivity contribution < 1.29 is 18.3 Å². The Balaban J connectivity index is 2.13. The van der Waals surface area contributed by atoms with Crippen molar-refractivity contribution in [2.75, 3.05) is 5.75 Å². The zero-order valence-corrected chi connectivity index (χ0v) is 11.5. The number of nitro benzene ring substituents is 1. The Morgan fingerprint density at radius 3 is 2.33 bits per heavy atom. The van der Waals surface area contributed by atoms with Crippen molar-refractivity contribution in [3.8, 4) is 0 Å². The van der Waals surface area contributed by atoms with Crippen LogP contribution in [0.4, 0.5) is 10.1 Å². The fourth-order valence-corrected chi connectivity index (χ4v) is 2.69. The van der Waals surface area contributed by atoms with Gasteiger partial charge in [-0.2, -0.15) is 0 Å². The summed E-state index contributed by atoms with van der Waals surface area (Å²) >= 11 is 0. The first-order valence-corrected chi connectivity index (χ1v) is 7.21. The van der Waals surface area contributed by atoms with Gasteiger partial charge in [-0.25, -0.2) is 4.39 Å². The Morgan fingerprint density at radius 1 is 1.14 bits per heavy atom. The molecule has 0 saturated carbocycles. The molecule has 0 saturated heterocycles. The average molecular weight is 307 g/mol. The number of carbonyl (C=O) groups is 1. The molecule has 1 atom stereocenters. The maximum Gasteiger partial charge on any atom is 0.269 e. The molecule has 1 unspecified atom stereocenters. The van der Waals surface area contributed by atoms with E-state index in [1.54, 1.807) is 0 Å². The Bertz CT molecular complexity index is 715. The summed E-state index contributed by atoms with van der Waals surface area (Å²) in [7, 11) is -1.68. The van der Waals surface area contributed by atoms with Crippen molar-refractivity contribution in [2.45, 2.75) is 4.90 Å². The van der Waals surface area contributed by atoms with E-state index in [1.165, 1.54) is 42.5 Å². The summed E-state index contributed by atoms with van der Waals surface area (Å²) in [5.74, 6) is -1.62. The molecular weight excluding hydrogens is 297 g/mol. The van der Waals surface area contributed by atoms with Gasteiger partial charge in [0.25, 0.3) is 5.69 Å². The lowest BCUT2D eigenvalue weighted by Gasteiger charge is -2.03. The zero-order chi connectivity index (χ0) is 15.4. The van der Waals surface area contributed by atoms with Crippen molar-refractivity contribution in [1.82, 2.24) is 0 Å². The molecule has 0 radical (unpaired) electrons. The average Bonchev–Trinajstić information content (AvgIpc) is 2.47. The number of halogens is 1. The molecule has 0 aromatic heterocycles. The molecule has 108 valence electrons. The fourth-order valence-electron chi connectivity index (χ4n) is 1.69. The van der Waals surface area contributed by atoms with Gasteiger partial charge in [-0.3, -0.25) is 19.1 Å². The van der Waals surface area contributed by atoms with Gasteiger partial charge in [-0.1, -0.05) is 12.1 Å². The number of benzene rings is 2. The molecule has 0 aliphatic heterocycles. The normalized spacial score (nSPS) is 11.9. The van der Waals surface area contributed by atoms with E-state index >= 15 is 0 Å². The van der Waals surface area contributed by atoms with Crippen LogP contribution >= 0.6 is 0 Å². The minimum Gasteiger partial charge on any atom is -0.293 e. The highest BCUT2D eigenvalue weighted by atomic mass is 32.2. The van der Waals surface area contributed by atoms with Crippen LogP contribution in [0.25, 0.3) is 0 Å². The highest BCUT2D eigenvalue weighted by Gasteiger charge is 2.16. The number of Topliss-reactive ketones (excluding diaryl/α,β-unsaturated/α-hetero) is 1. The van der Waals surface area contributed by atoms with Crippen LogP contribution in [0.1, 0.15) is 10.4 Å². The summed E-state index contributed by atoms with van der Waals surface area (Å²) in [6, 6.07) is 10.5. The summed E-state index contributed by atoms with van der Waals surface area (Å²) < 4.78 is 25.5. The van der Waals surface area contributed by atoms with Gasteiger partial charge in [0.05, 0.1) is 27.0 Å². The molecule has 2 aromatic carbocycles. The van der Waals surface area contributed by atoms with Gasteiger partial charge in [-0.05, 0) is 24.3 Å². The third-order valence-corrected chi connectivity index (χ3v) is 4.07. The van der Waals surface area contributed by atoms with Gasteiger partial charge in [0.2, 0.25) is 0 Å². The number of non-ortho nitro benzene ring substituents is 1. The summed E-state index contributed by atoms with van der Waals surface area (Å²) in [4.78, 5) is 22.1. The van der Waals surface area contributed by atoms with Gasteiger partial charge in [0.15, 0.2) is 5.78 Å². The molecule has 0 N–H and O–H groups in total. The third kappa shape index (κ3) is 3.57. The number of hydrogen-bond acceptors (Lipinski definition) is 4. The van der Waals surface area contributed by atoms with Crippen molar-refractivity contribution in [3.63, 3.8) is 0 Å². The molecular formula is C14H10FNO4S. The first-order chi connectivity index (χ1) is 9.99. The number of hydrogen-bond donors (Lipinski definition) is 0. The summed E-state index contributed by atoms with van der Waals surface area (Å²) in [5.41, 5.74) is -0.246. The fraction of sp³-hybridized carbons (Fsp3) is 0.0714. The van der Waals surface area contributed by atoms with Crippen LogP contribution < -0.4 is 0 Å². The standard InChI is InChI=1S/C14H10FNO4S/c15-13-4-2-1-3-12(13)14(17)9-21(20)11-7-5-10(6-8-11)16(18)19/h1-8H,9H2. The Kier molecular flexibility index (Phi) is 4.54. The molecule has 21 heavy (non-hydrogen) atoms. The lowest BCUT2D eigenvalue weighted by Crippen LogP contribution is -2.12. The molecule has 5 nitrogen and oxygen atoms in total. The van der Waals surface area contributed by atoms with E-state index in [0.29, 0.717) is 0 Å². The monoisotopic (exact) mass is 307 g/mol.